The molecule has 0 saturated heterocycles. The third kappa shape index (κ3) is 6.02. The fraction of sp³-hybridized carbons (Fsp3) is 0.222. The van der Waals surface area contributed by atoms with Crippen molar-refractivity contribution in [1.29, 1.82) is 0 Å². The lowest BCUT2D eigenvalue weighted by Gasteiger charge is -2.13. The molecule has 0 atom stereocenters. The summed E-state index contributed by atoms with van der Waals surface area (Å²) in [7, 11) is 0. The molecular weight excluding hydrogens is 474 g/mol. The van der Waals surface area contributed by atoms with E-state index in [0.717, 1.165) is 15.8 Å². The quantitative estimate of drug-likeness (QED) is 0.268. The standard InChI is InChI=1S/C18H15F3IN3O2/c1-3-7-27-17-14(22)8-12(9-15(17)26-4-2)10-24-25-16-6-5-13(11-23-16)18(19,20)21/h1,5-6,8-11H,4,7H2,2H3,(H,23,25)/b24-10-. The summed E-state index contributed by atoms with van der Waals surface area (Å²) in [5, 5.41) is 3.99. The number of benzene rings is 1. The van der Waals surface area contributed by atoms with Gasteiger partial charge in [-0.1, -0.05) is 5.92 Å². The van der Waals surface area contributed by atoms with Crippen LogP contribution in [0.3, 0.4) is 0 Å². The summed E-state index contributed by atoms with van der Waals surface area (Å²) in [6.07, 6.45) is 3.03. The Morgan fingerprint density at radius 2 is 2.11 bits per heavy atom. The van der Waals surface area contributed by atoms with Crippen molar-refractivity contribution in [2.75, 3.05) is 18.6 Å². The van der Waals surface area contributed by atoms with Crippen molar-refractivity contribution in [3.05, 3.63) is 45.2 Å². The number of ether oxygens (including phenoxy) is 2. The molecule has 0 aliphatic carbocycles. The van der Waals surface area contributed by atoms with Gasteiger partial charge in [-0.25, -0.2) is 4.98 Å². The van der Waals surface area contributed by atoms with E-state index in [0.29, 0.717) is 23.7 Å². The average Bonchev–Trinajstić information content (AvgIpc) is 2.61. The third-order valence-electron chi connectivity index (χ3n) is 3.12. The number of pyridine rings is 1. The van der Waals surface area contributed by atoms with Crippen LogP contribution in [-0.2, 0) is 6.18 Å². The Kier molecular flexibility index (Phi) is 7.29. The number of nitrogens with zero attached hydrogens (tertiary/aromatic N) is 2. The van der Waals surface area contributed by atoms with E-state index in [-0.39, 0.29) is 12.4 Å². The Labute approximate surface area is 168 Å². The molecule has 0 amide bonds. The van der Waals surface area contributed by atoms with Gasteiger partial charge in [0.2, 0.25) is 0 Å². The molecule has 1 aromatic carbocycles. The van der Waals surface area contributed by atoms with Crippen LogP contribution in [0.5, 0.6) is 11.5 Å². The lowest BCUT2D eigenvalue weighted by atomic mass is 10.2. The average molecular weight is 489 g/mol. The molecule has 1 N–H and O–H groups in total. The molecule has 0 fully saturated rings. The van der Waals surface area contributed by atoms with Gasteiger partial charge in [-0.2, -0.15) is 18.3 Å². The summed E-state index contributed by atoms with van der Waals surface area (Å²) in [5.41, 5.74) is 2.46. The van der Waals surface area contributed by atoms with Crippen LogP contribution in [-0.4, -0.2) is 24.4 Å². The van der Waals surface area contributed by atoms with E-state index in [4.69, 9.17) is 15.9 Å². The second kappa shape index (κ2) is 9.45. The zero-order valence-electron chi connectivity index (χ0n) is 14.2. The number of nitrogens with one attached hydrogen (secondary N) is 1. The van der Waals surface area contributed by atoms with Crippen molar-refractivity contribution in [1.82, 2.24) is 4.98 Å². The van der Waals surface area contributed by atoms with Crippen molar-refractivity contribution in [2.45, 2.75) is 13.1 Å². The normalized spacial score (nSPS) is 11.3. The van der Waals surface area contributed by atoms with E-state index in [1.165, 1.54) is 12.3 Å². The molecule has 0 aliphatic heterocycles. The van der Waals surface area contributed by atoms with Crippen LogP contribution in [0.25, 0.3) is 0 Å². The van der Waals surface area contributed by atoms with Crippen molar-refractivity contribution in [2.24, 2.45) is 5.10 Å². The molecule has 1 heterocycles. The van der Waals surface area contributed by atoms with Gasteiger partial charge < -0.3 is 9.47 Å². The molecule has 0 spiro atoms. The number of aromatic nitrogens is 1. The van der Waals surface area contributed by atoms with Gasteiger partial charge in [0, 0.05) is 6.20 Å². The molecule has 0 aliphatic rings. The maximum Gasteiger partial charge on any atom is 0.417 e. The van der Waals surface area contributed by atoms with Gasteiger partial charge in [0.1, 0.15) is 12.4 Å². The van der Waals surface area contributed by atoms with Gasteiger partial charge in [-0.05, 0) is 59.3 Å². The molecule has 9 heteroatoms. The van der Waals surface area contributed by atoms with Crippen LogP contribution in [0, 0.1) is 15.9 Å². The number of rotatable bonds is 7. The van der Waals surface area contributed by atoms with Gasteiger partial charge in [-0.3, -0.25) is 5.43 Å². The minimum atomic E-state index is -4.43. The summed E-state index contributed by atoms with van der Waals surface area (Å²) >= 11 is 2.09. The molecule has 1 aromatic heterocycles. The zero-order chi connectivity index (χ0) is 19.9. The second-order valence-electron chi connectivity index (χ2n) is 5.06. The van der Waals surface area contributed by atoms with Crippen molar-refractivity contribution >= 4 is 34.6 Å². The SMILES string of the molecule is C#CCOc1c(I)cc(/C=N\Nc2ccc(C(F)(F)F)cn2)cc1OCC. The third-order valence-corrected chi connectivity index (χ3v) is 3.92. The molecule has 0 unspecified atom stereocenters. The van der Waals surface area contributed by atoms with E-state index in [1.54, 1.807) is 12.1 Å². The Balaban J connectivity index is 2.13. The van der Waals surface area contributed by atoms with Crippen molar-refractivity contribution in [3.8, 4) is 23.8 Å². The summed E-state index contributed by atoms with van der Waals surface area (Å²) in [6.45, 7) is 2.40. The first-order valence-electron chi connectivity index (χ1n) is 7.70. The highest BCUT2D eigenvalue weighted by Gasteiger charge is 2.30. The molecular formula is C18H15F3IN3O2. The predicted molar refractivity (Wildman–Crippen MR) is 105 cm³/mol. The van der Waals surface area contributed by atoms with Gasteiger partial charge in [-0.15, -0.1) is 6.42 Å². The molecule has 5 nitrogen and oxygen atoms in total. The number of hydrogen-bond donors (Lipinski definition) is 1. The Bertz CT molecular complexity index is 847. The molecule has 0 bridgehead atoms. The second-order valence-corrected chi connectivity index (χ2v) is 6.22. The van der Waals surface area contributed by atoms with Crippen LogP contribution in [0.2, 0.25) is 0 Å². The first kappa shape index (κ1) is 20.8. The number of hydrazone groups is 1. The van der Waals surface area contributed by atoms with Gasteiger partial charge in [0.15, 0.2) is 11.5 Å². The fourth-order valence-corrected chi connectivity index (χ4v) is 2.76. The number of halogens is 4. The van der Waals surface area contributed by atoms with Crippen LogP contribution < -0.4 is 14.9 Å². The smallest absolute Gasteiger partial charge is 0.417 e. The van der Waals surface area contributed by atoms with Gasteiger partial charge in [0.25, 0.3) is 0 Å². The van der Waals surface area contributed by atoms with Crippen molar-refractivity contribution in [3.63, 3.8) is 0 Å². The van der Waals surface area contributed by atoms with E-state index >= 15 is 0 Å². The largest absolute Gasteiger partial charge is 0.490 e. The minimum Gasteiger partial charge on any atom is -0.490 e. The van der Waals surface area contributed by atoms with Crippen LogP contribution in [0.1, 0.15) is 18.1 Å². The number of terminal acetylenes is 1. The summed E-state index contributed by atoms with van der Waals surface area (Å²) < 4.78 is 49.4. The molecule has 142 valence electrons. The fourth-order valence-electron chi connectivity index (χ4n) is 1.98. The first-order valence-corrected chi connectivity index (χ1v) is 8.78. The topological polar surface area (TPSA) is 55.7 Å². The number of anilines is 1. The molecule has 0 saturated carbocycles. The monoisotopic (exact) mass is 489 g/mol. The zero-order valence-corrected chi connectivity index (χ0v) is 16.3. The first-order chi connectivity index (χ1) is 12.8. The predicted octanol–water partition coefficient (Wildman–Crippen LogP) is 4.56. The minimum absolute atomic E-state index is 0.116. The van der Waals surface area contributed by atoms with E-state index in [1.807, 2.05) is 6.92 Å². The van der Waals surface area contributed by atoms with Crippen LogP contribution in [0.4, 0.5) is 19.0 Å². The number of hydrogen-bond acceptors (Lipinski definition) is 5. The molecule has 2 aromatic rings. The Hall–Kier alpha value is -2.48. The van der Waals surface area contributed by atoms with Crippen LogP contribution in [0.15, 0.2) is 35.6 Å². The molecule has 2 rings (SSSR count). The van der Waals surface area contributed by atoms with E-state index < -0.39 is 11.7 Å². The van der Waals surface area contributed by atoms with E-state index in [2.05, 4.69) is 44.0 Å². The summed E-state index contributed by atoms with van der Waals surface area (Å²) in [5.74, 6) is 3.65. The summed E-state index contributed by atoms with van der Waals surface area (Å²) in [4.78, 5) is 3.68. The highest BCUT2D eigenvalue weighted by molar-refractivity contribution is 14.1. The Morgan fingerprint density at radius 3 is 2.70 bits per heavy atom. The van der Waals surface area contributed by atoms with Crippen LogP contribution >= 0.6 is 22.6 Å². The Morgan fingerprint density at radius 1 is 1.33 bits per heavy atom. The maximum atomic E-state index is 12.5. The lowest BCUT2D eigenvalue weighted by molar-refractivity contribution is -0.137. The van der Waals surface area contributed by atoms with E-state index in [9.17, 15) is 13.2 Å². The highest BCUT2D eigenvalue weighted by Crippen LogP contribution is 2.34. The van der Waals surface area contributed by atoms with Crippen molar-refractivity contribution < 1.29 is 22.6 Å². The lowest BCUT2D eigenvalue weighted by Crippen LogP contribution is -2.05. The molecule has 0 radical (unpaired) electrons. The highest BCUT2D eigenvalue weighted by atomic mass is 127. The van der Waals surface area contributed by atoms with Gasteiger partial charge >= 0.3 is 6.18 Å². The maximum absolute atomic E-state index is 12.5. The number of alkyl halides is 3. The van der Waals surface area contributed by atoms with Gasteiger partial charge in [0.05, 0.1) is 22.0 Å². The summed E-state index contributed by atoms with van der Waals surface area (Å²) in [6, 6.07) is 5.66. The molecule has 27 heavy (non-hydrogen) atoms.